The van der Waals surface area contributed by atoms with Gasteiger partial charge in [0.15, 0.2) is 0 Å². The number of aromatic hydroxyl groups is 1. The molecule has 0 aromatic heterocycles. The SMILES string of the molecule is CC(CC(=O)O)NC(=O)c1cc(I)ccc1O. The van der Waals surface area contributed by atoms with E-state index < -0.39 is 17.9 Å². The Morgan fingerprint density at radius 3 is 2.71 bits per heavy atom. The number of carbonyl (C=O) groups is 2. The number of carbonyl (C=O) groups excluding carboxylic acids is 1. The summed E-state index contributed by atoms with van der Waals surface area (Å²) in [6, 6.07) is 4.15. The number of amides is 1. The maximum absolute atomic E-state index is 11.7. The quantitative estimate of drug-likeness (QED) is 0.721. The second kappa shape index (κ2) is 5.85. The number of carboxylic acids is 1. The molecule has 1 amide bonds. The first-order valence-electron chi connectivity index (χ1n) is 4.91. The molecule has 0 saturated heterocycles. The Hall–Kier alpha value is -1.31. The third-order valence-corrected chi connectivity index (χ3v) is 2.73. The van der Waals surface area contributed by atoms with Crippen molar-refractivity contribution in [1.29, 1.82) is 0 Å². The molecule has 0 saturated carbocycles. The van der Waals surface area contributed by atoms with Crippen LogP contribution in [0.4, 0.5) is 0 Å². The maximum atomic E-state index is 11.7. The number of aliphatic carboxylic acids is 1. The predicted molar refractivity (Wildman–Crippen MR) is 70.0 cm³/mol. The van der Waals surface area contributed by atoms with E-state index in [1.807, 2.05) is 22.6 Å². The number of nitrogens with one attached hydrogen (secondary N) is 1. The van der Waals surface area contributed by atoms with Gasteiger partial charge in [-0.3, -0.25) is 9.59 Å². The van der Waals surface area contributed by atoms with Crippen LogP contribution in [-0.2, 0) is 4.79 Å². The zero-order valence-electron chi connectivity index (χ0n) is 9.11. The molecule has 0 heterocycles. The fourth-order valence-electron chi connectivity index (χ4n) is 1.30. The van der Waals surface area contributed by atoms with Crippen molar-refractivity contribution in [3.63, 3.8) is 0 Å². The average molecular weight is 349 g/mol. The van der Waals surface area contributed by atoms with E-state index >= 15 is 0 Å². The lowest BCUT2D eigenvalue weighted by molar-refractivity contribution is -0.137. The molecule has 0 radical (unpaired) electrons. The molecule has 1 unspecified atom stereocenters. The normalized spacial score (nSPS) is 11.9. The molecule has 0 aliphatic rings. The summed E-state index contributed by atoms with van der Waals surface area (Å²) >= 11 is 2.02. The maximum Gasteiger partial charge on any atom is 0.305 e. The average Bonchev–Trinajstić information content (AvgIpc) is 2.20. The van der Waals surface area contributed by atoms with E-state index in [0.717, 1.165) is 3.57 Å². The molecular formula is C11H12INO4. The van der Waals surface area contributed by atoms with Crippen molar-refractivity contribution in [2.24, 2.45) is 0 Å². The van der Waals surface area contributed by atoms with Gasteiger partial charge in [-0.05, 0) is 47.7 Å². The first-order chi connectivity index (χ1) is 7.90. The van der Waals surface area contributed by atoms with E-state index in [9.17, 15) is 14.7 Å². The molecule has 1 atom stereocenters. The van der Waals surface area contributed by atoms with Crippen LogP contribution in [0.3, 0.4) is 0 Å². The van der Waals surface area contributed by atoms with Gasteiger partial charge < -0.3 is 15.5 Å². The topological polar surface area (TPSA) is 86.6 Å². The third-order valence-electron chi connectivity index (χ3n) is 2.06. The number of hydrogen-bond donors (Lipinski definition) is 3. The van der Waals surface area contributed by atoms with Gasteiger partial charge in [0.25, 0.3) is 5.91 Å². The monoisotopic (exact) mass is 349 g/mol. The Balaban J connectivity index is 2.76. The second-order valence-corrected chi connectivity index (χ2v) is 4.88. The van der Waals surface area contributed by atoms with E-state index in [1.54, 1.807) is 19.1 Å². The van der Waals surface area contributed by atoms with Crippen molar-refractivity contribution in [2.45, 2.75) is 19.4 Å². The van der Waals surface area contributed by atoms with Gasteiger partial charge in [0.1, 0.15) is 5.75 Å². The van der Waals surface area contributed by atoms with Gasteiger partial charge in [-0.2, -0.15) is 0 Å². The molecule has 0 fully saturated rings. The summed E-state index contributed by atoms with van der Waals surface area (Å²) in [5, 5.41) is 20.6. The minimum Gasteiger partial charge on any atom is -0.507 e. The zero-order chi connectivity index (χ0) is 13.0. The summed E-state index contributed by atoms with van der Waals surface area (Å²) in [6.45, 7) is 1.59. The summed E-state index contributed by atoms with van der Waals surface area (Å²) in [6.07, 6.45) is -0.156. The van der Waals surface area contributed by atoms with Crippen LogP contribution in [-0.4, -0.2) is 28.1 Å². The molecule has 0 bridgehead atoms. The highest BCUT2D eigenvalue weighted by Crippen LogP contribution is 2.19. The molecule has 1 aromatic rings. The molecule has 5 nitrogen and oxygen atoms in total. The number of halogens is 1. The molecule has 0 aliphatic heterocycles. The molecule has 17 heavy (non-hydrogen) atoms. The Morgan fingerprint density at radius 2 is 2.12 bits per heavy atom. The van der Waals surface area contributed by atoms with Gasteiger partial charge in [0.05, 0.1) is 12.0 Å². The Bertz CT molecular complexity index is 447. The molecule has 3 N–H and O–H groups in total. The highest BCUT2D eigenvalue weighted by atomic mass is 127. The van der Waals surface area contributed by atoms with Crippen LogP contribution in [0.5, 0.6) is 5.75 Å². The molecule has 92 valence electrons. The summed E-state index contributed by atoms with van der Waals surface area (Å²) in [5.41, 5.74) is 0.147. The summed E-state index contributed by atoms with van der Waals surface area (Å²) in [4.78, 5) is 22.2. The van der Waals surface area contributed by atoms with Gasteiger partial charge >= 0.3 is 5.97 Å². The molecule has 1 aromatic carbocycles. The van der Waals surface area contributed by atoms with Gasteiger partial charge in [-0.1, -0.05) is 0 Å². The van der Waals surface area contributed by atoms with Crippen molar-refractivity contribution in [2.75, 3.05) is 0 Å². The van der Waals surface area contributed by atoms with E-state index in [4.69, 9.17) is 5.11 Å². The molecular weight excluding hydrogens is 337 g/mol. The molecule has 1 rings (SSSR count). The fraction of sp³-hybridized carbons (Fsp3) is 0.273. The zero-order valence-corrected chi connectivity index (χ0v) is 11.3. The number of rotatable bonds is 4. The lowest BCUT2D eigenvalue weighted by atomic mass is 10.1. The number of hydrogen-bond acceptors (Lipinski definition) is 3. The Kier molecular flexibility index (Phi) is 4.73. The van der Waals surface area contributed by atoms with E-state index in [2.05, 4.69) is 5.32 Å². The lowest BCUT2D eigenvalue weighted by Gasteiger charge is -2.12. The van der Waals surface area contributed by atoms with Crippen LogP contribution in [0.1, 0.15) is 23.7 Å². The van der Waals surface area contributed by atoms with Crippen LogP contribution in [0, 0.1) is 3.57 Å². The highest BCUT2D eigenvalue weighted by molar-refractivity contribution is 14.1. The summed E-state index contributed by atoms with van der Waals surface area (Å²) in [5.74, 6) is -1.58. The van der Waals surface area contributed by atoms with Crippen LogP contribution in [0.25, 0.3) is 0 Å². The predicted octanol–water partition coefficient (Wildman–Crippen LogP) is 1.59. The van der Waals surface area contributed by atoms with E-state index in [-0.39, 0.29) is 17.7 Å². The minimum atomic E-state index is -0.982. The largest absolute Gasteiger partial charge is 0.507 e. The Morgan fingerprint density at radius 1 is 1.47 bits per heavy atom. The van der Waals surface area contributed by atoms with Crippen molar-refractivity contribution >= 4 is 34.5 Å². The second-order valence-electron chi connectivity index (χ2n) is 3.63. The van der Waals surface area contributed by atoms with Gasteiger partial charge in [0.2, 0.25) is 0 Å². The summed E-state index contributed by atoms with van der Waals surface area (Å²) < 4.78 is 0.816. The standard InChI is InChI=1S/C11H12INO4/c1-6(4-10(15)16)13-11(17)8-5-7(12)2-3-9(8)14/h2-3,5-6,14H,4H2,1H3,(H,13,17)(H,15,16). The van der Waals surface area contributed by atoms with Crippen LogP contribution < -0.4 is 5.32 Å². The first-order valence-corrected chi connectivity index (χ1v) is 5.99. The smallest absolute Gasteiger partial charge is 0.305 e. The van der Waals surface area contributed by atoms with Gasteiger partial charge in [0, 0.05) is 9.61 Å². The van der Waals surface area contributed by atoms with Crippen LogP contribution in [0.15, 0.2) is 18.2 Å². The van der Waals surface area contributed by atoms with Crippen molar-refractivity contribution in [3.8, 4) is 5.75 Å². The lowest BCUT2D eigenvalue weighted by Crippen LogP contribution is -2.34. The van der Waals surface area contributed by atoms with Gasteiger partial charge in [-0.15, -0.1) is 0 Å². The molecule has 0 aliphatic carbocycles. The number of carboxylic acid groups (broad SMARTS) is 1. The number of benzene rings is 1. The van der Waals surface area contributed by atoms with Crippen LogP contribution >= 0.6 is 22.6 Å². The molecule has 0 spiro atoms. The van der Waals surface area contributed by atoms with Crippen molar-refractivity contribution in [3.05, 3.63) is 27.3 Å². The van der Waals surface area contributed by atoms with Crippen molar-refractivity contribution < 1.29 is 19.8 Å². The summed E-state index contributed by atoms with van der Waals surface area (Å²) in [7, 11) is 0. The number of phenolic OH excluding ortho intramolecular Hbond substituents is 1. The minimum absolute atomic E-state index is 0.120. The Labute approximate surface area is 112 Å². The van der Waals surface area contributed by atoms with E-state index in [1.165, 1.54) is 6.07 Å². The number of phenols is 1. The van der Waals surface area contributed by atoms with Crippen molar-refractivity contribution in [1.82, 2.24) is 5.32 Å². The molecule has 6 heteroatoms. The van der Waals surface area contributed by atoms with E-state index in [0.29, 0.717) is 0 Å². The van der Waals surface area contributed by atoms with Gasteiger partial charge in [-0.25, -0.2) is 0 Å². The van der Waals surface area contributed by atoms with Crippen LogP contribution in [0.2, 0.25) is 0 Å². The fourth-order valence-corrected chi connectivity index (χ4v) is 1.80. The highest BCUT2D eigenvalue weighted by Gasteiger charge is 2.15. The third kappa shape index (κ3) is 4.22. The first kappa shape index (κ1) is 13.8.